The molecule has 2 saturated heterocycles. The molecule has 0 aromatic carbocycles. The van der Waals surface area contributed by atoms with Crippen LogP contribution in [0.25, 0.3) is 0 Å². The van der Waals surface area contributed by atoms with Crippen LogP contribution in [0.2, 0.25) is 0 Å². The third kappa shape index (κ3) is 5.43. The van der Waals surface area contributed by atoms with Crippen molar-refractivity contribution in [3.8, 4) is 0 Å². The summed E-state index contributed by atoms with van der Waals surface area (Å²) in [5.74, 6) is 2.01. The molecule has 2 amide bonds. The summed E-state index contributed by atoms with van der Waals surface area (Å²) in [5, 5.41) is 12.0. The van der Waals surface area contributed by atoms with Gasteiger partial charge in [-0.15, -0.1) is 0 Å². The summed E-state index contributed by atoms with van der Waals surface area (Å²) in [6.45, 7) is 2.09. The van der Waals surface area contributed by atoms with E-state index >= 15 is 0 Å². The Bertz CT molecular complexity index is 654. The highest BCUT2D eigenvalue weighted by Crippen LogP contribution is 2.38. The van der Waals surface area contributed by atoms with E-state index in [1.165, 1.54) is 64.2 Å². The summed E-state index contributed by atoms with van der Waals surface area (Å²) in [7, 11) is 0. The molecule has 0 aromatic rings. The standard InChI is InChI=1S/C25H42N4O2/c26-24-27-25(19-21-11-5-2-6-12-21,15-14-20-9-3-1-4-10-20)23(31)29(24)18-8-17-28-16-7-13-22(28)30/h20-21H,1-19H2,(H2,26,27)/t25-/m1/s1. The van der Waals surface area contributed by atoms with Crippen LogP contribution in [-0.2, 0) is 9.59 Å². The zero-order chi connectivity index (χ0) is 21.7. The number of nitrogens with one attached hydrogen (secondary N) is 2. The minimum atomic E-state index is -0.569. The first kappa shape index (κ1) is 22.6. The number of likely N-dealkylation sites (tertiary alicyclic amines) is 1. The van der Waals surface area contributed by atoms with Gasteiger partial charge in [-0.25, -0.2) is 0 Å². The van der Waals surface area contributed by atoms with Crippen LogP contribution < -0.4 is 5.32 Å². The van der Waals surface area contributed by atoms with Crippen molar-refractivity contribution in [2.24, 2.45) is 11.8 Å². The molecule has 174 valence electrons. The third-order valence-corrected chi connectivity index (χ3v) is 8.33. The Morgan fingerprint density at radius 2 is 1.58 bits per heavy atom. The number of hydrogen-bond acceptors (Lipinski definition) is 3. The number of nitrogens with zero attached hydrogens (tertiary/aromatic N) is 2. The lowest BCUT2D eigenvalue weighted by molar-refractivity contribution is -0.132. The second-order valence-electron chi connectivity index (χ2n) is 10.6. The average Bonchev–Trinajstić information content (AvgIpc) is 3.29. The zero-order valence-corrected chi connectivity index (χ0v) is 19.3. The SMILES string of the molecule is N=C1N[C@](CCC2CCCCC2)(CC2CCCCC2)C(=O)N1CCCN1CCCC1=O. The van der Waals surface area contributed by atoms with E-state index in [-0.39, 0.29) is 17.8 Å². The Balaban J connectivity index is 1.39. The van der Waals surface area contributed by atoms with Gasteiger partial charge >= 0.3 is 0 Å². The number of guanidine groups is 1. The van der Waals surface area contributed by atoms with E-state index in [0.29, 0.717) is 25.4 Å². The van der Waals surface area contributed by atoms with Gasteiger partial charge in [-0.2, -0.15) is 0 Å². The summed E-state index contributed by atoms with van der Waals surface area (Å²) < 4.78 is 0. The van der Waals surface area contributed by atoms with Crippen molar-refractivity contribution >= 4 is 17.8 Å². The molecule has 4 fully saturated rings. The lowest BCUT2D eigenvalue weighted by atomic mass is 9.75. The van der Waals surface area contributed by atoms with Crippen molar-refractivity contribution in [1.82, 2.24) is 15.1 Å². The zero-order valence-electron chi connectivity index (χ0n) is 19.3. The van der Waals surface area contributed by atoms with Crippen molar-refractivity contribution in [1.29, 1.82) is 5.41 Å². The molecular weight excluding hydrogens is 388 g/mol. The maximum atomic E-state index is 13.7. The summed E-state index contributed by atoms with van der Waals surface area (Å²) in [6.07, 6.45) is 18.2. The van der Waals surface area contributed by atoms with Gasteiger partial charge in [0.15, 0.2) is 5.96 Å². The van der Waals surface area contributed by atoms with Crippen LogP contribution in [-0.4, -0.2) is 52.7 Å². The average molecular weight is 431 g/mol. The number of hydrogen-bond donors (Lipinski definition) is 2. The molecule has 31 heavy (non-hydrogen) atoms. The van der Waals surface area contributed by atoms with Gasteiger partial charge in [-0.05, 0) is 43.9 Å². The number of carbonyl (C=O) groups excluding carboxylic acids is 2. The van der Waals surface area contributed by atoms with Crippen LogP contribution in [0.5, 0.6) is 0 Å². The van der Waals surface area contributed by atoms with Gasteiger partial charge in [0, 0.05) is 26.1 Å². The molecule has 0 bridgehead atoms. The molecular formula is C25H42N4O2. The van der Waals surface area contributed by atoms with E-state index in [2.05, 4.69) is 5.32 Å². The monoisotopic (exact) mass is 430 g/mol. The van der Waals surface area contributed by atoms with Gasteiger partial charge in [0.2, 0.25) is 5.91 Å². The number of carbonyl (C=O) groups is 2. The molecule has 4 aliphatic rings. The Morgan fingerprint density at radius 3 is 2.23 bits per heavy atom. The second-order valence-corrected chi connectivity index (χ2v) is 10.6. The maximum Gasteiger partial charge on any atom is 0.255 e. The van der Waals surface area contributed by atoms with Crippen molar-refractivity contribution in [3.05, 3.63) is 0 Å². The highest BCUT2D eigenvalue weighted by molar-refractivity contribution is 6.07. The fraction of sp³-hybridized carbons (Fsp3) is 0.880. The van der Waals surface area contributed by atoms with Crippen molar-refractivity contribution in [2.75, 3.05) is 19.6 Å². The minimum absolute atomic E-state index is 0.131. The molecule has 2 heterocycles. The molecule has 6 heteroatoms. The van der Waals surface area contributed by atoms with E-state index in [1.54, 1.807) is 4.90 Å². The van der Waals surface area contributed by atoms with E-state index < -0.39 is 5.54 Å². The molecule has 0 unspecified atom stereocenters. The smallest absolute Gasteiger partial charge is 0.255 e. The Morgan fingerprint density at radius 1 is 0.903 bits per heavy atom. The van der Waals surface area contributed by atoms with E-state index in [1.807, 2.05) is 4.90 Å². The van der Waals surface area contributed by atoms with Crippen LogP contribution in [0.1, 0.15) is 103 Å². The van der Waals surface area contributed by atoms with Crippen LogP contribution >= 0.6 is 0 Å². The van der Waals surface area contributed by atoms with Crippen molar-refractivity contribution in [3.63, 3.8) is 0 Å². The molecule has 6 nitrogen and oxygen atoms in total. The quantitative estimate of drug-likeness (QED) is 0.568. The summed E-state index contributed by atoms with van der Waals surface area (Å²) in [4.78, 5) is 29.2. The Kier molecular flexibility index (Phi) is 7.55. The fourth-order valence-corrected chi connectivity index (χ4v) is 6.50. The molecule has 2 saturated carbocycles. The topological polar surface area (TPSA) is 76.5 Å². The lowest BCUT2D eigenvalue weighted by Crippen LogP contribution is -2.49. The first-order valence-electron chi connectivity index (χ1n) is 13.0. The molecule has 0 spiro atoms. The van der Waals surface area contributed by atoms with E-state index in [0.717, 1.165) is 44.6 Å². The number of amides is 2. The maximum absolute atomic E-state index is 13.7. The first-order chi connectivity index (χ1) is 15.1. The first-order valence-corrected chi connectivity index (χ1v) is 13.0. The van der Waals surface area contributed by atoms with Crippen LogP contribution in [0.3, 0.4) is 0 Å². The second kappa shape index (κ2) is 10.4. The summed E-state index contributed by atoms with van der Waals surface area (Å²) in [6, 6.07) is 0. The van der Waals surface area contributed by atoms with Crippen LogP contribution in [0, 0.1) is 17.2 Å². The van der Waals surface area contributed by atoms with Crippen molar-refractivity contribution in [2.45, 2.75) is 108 Å². The molecule has 0 radical (unpaired) electrons. The normalized spacial score (nSPS) is 28.6. The van der Waals surface area contributed by atoms with E-state index in [9.17, 15) is 9.59 Å². The summed E-state index contributed by atoms with van der Waals surface area (Å²) >= 11 is 0. The van der Waals surface area contributed by atoms with Gasteiger partial charge in [0.1, 0.15) is 5.54 Å². The fourth-order valence-electron chi connectivity index (χ4n) is 6.50. The lowest BCUT2D eigenvalue weighted by Gasteiger charge is -2.34. The van der Waals surface area contributed by atoms with Crippen LogP contribution in [0.15, 0.2) is 0 Å². The molecule has 1 atom stereocenters. The van der Waals surface area contributed by atoms with Gasteiger partial charge in [0.05, 0.1) is 0 Å². The largest absolute Gasteiger partial charge is 0.343 e. The van der Waals surface area contributed by atoms with Gasteiger partial charge < -0.3 is 10.2 Å². The highest BCUT2D eigenvalue weighted by Gasteiger charge is 2.50. The van der Waals surface area contributed by atoms with Crippen LogP contribution in [0.4, 0.5) is 0 Å². The van der Waals surface area contributed by atoms with Gasteiger partial charge in [0.25, 0.3) is 5.91 Å². The summed E-state index contributed by atoms with van der Waals surface area (Å²) in [5.41, 5.74) is -0.569. The van der Waals surface area contributed by atoms with E-state index in [4.69, 9.17) is 5.41 Å². The number of rotatable bonds is 9. The molecule has 4 rings (SSSR count). The highest BCUT2D eigenvalue weighted by atomic mass is 16.2. The van der Waals surface area contributed by atoms with Crippen molar-refractivity contribution < 1.29 is 9.59 Å². The minimum Gasteiger partial charge on any atom is -0.343 e. The Hall–Kier alpha value is -1.59. The predicted molar refractivity (Wildman–Crippen MR) is 123 cm³/mol. The Labute approximate surface area is 188 Å². The van der Waals surface area contributed by atoms with Gasteiger partial charge in [-0.1, -0.05) is 64.2 Å². The molecule has 2 aliphatic carbocycles. The molecule has 0 aromatic heterocycles. The molecule has 2 N–H and O–H groups in total. The molecule has 2 aliphatic heterocycles. The third-order valence-electron chi connectivity index (χ3n) is 8.33. The predicted octanol–water partition coefficient (Wildman–Crippen LogP) is 4.44. The van der Waals surface area contributed by atoms with Gasteiger partial charge in [-0.3, -0.25) is 19.9 Å².